The SMILES string of the molecule is CC1(C)OC(=O)c2cc(C(=CCCO[Si](C)(C)C(C)(C)C)c3cc(Cl)c4c(c3)C(=O)OC(C)(C)O4)cc(Cl)c2O1. The standard InChI is InChI=1S/C30H36Cl2O7Si/c1-28(2,3)40(8,9)35-12-10-11-19(17-13-20-24(22(31)15-17)36-29(4,5)38-26(20)33)18-14-21-25(23(32)16-18)37-30(6,7)39-27(21)34/h11,13-16H,10,12H2,1-9H3. The lowest BCUT2D eigenvalue weighted by Gasteiger charge is -2.36. The van der Waals surface area contributed by atoms with E-state index in [0.29, 0.717) is 29.7 Å². The van der Waals surface area contributed by atoms with Crippen molar-refractivity contribution < 1.29 is 33.0 Å². The van der Waals surface area contributed by atoms with Crippen LogP contribution >= 0.6 is 23.2 Å². The Hall–Kier alpha value is -2.52. The molecule has 0 atom stereocenters. The lowest BCUT2D eigenvalue weighted by molar-refractivity contribution is -0.128. The van der Waals surface area contributed by atoms with Gasteiger partial charge >= 0.3 is 11.9 Å². The van der Waals surface area contributed by atoms with Crippen molar-refractivity contribution in [1.29, 1.82) is 0 Å². The molecule has 0 bridgehead atoms. The van der Waals surface area contributed by atoms with Crippen molar-refractivity contribution in [2.45, 2.75) is 84.6 Å². The molecule has 0 unspecified atom stereocenters. The fraction of sp³-hybridized carbons (Fsp3) is 0.467. The van der Waals surface area contributed by atoms with Gasteiger partial charge in [0.1, 0.15) is 11.1 Å². The quantitative estimate of drug-likeness (QED) is 0.185. The van der Waals surface area contributed by atoms with Crippen molar-refractivity contribution in [1.82, 2.24) is 0 Å². The molecule has 10 heteroatoms. The fourth-order valence-corrected chi connectivity index (χ4v) is 5.81. The highest BCUT2D eigenvalue weighted by atomic mass is 35.5. The predicted molar refractivity (Wildman–Crippen MR) is 158 cm³/mol. The van der Waals surface area contributed by atoms with Crippen LogP contribution in [0.25, 0.3) is 5.57 Å². The predicted octanol–water partition coefficient (Wildman–Crippen LogP) is 8.41. The van der Waals surface area contributed by atoms with E-state index in [2.05, 4.69) is 33.9 Å². The van der Waals surface area contributed by atoms with E-state index in [1.807, 2.05) is 6.08 Å². The first-order valence-electron chi connectivity index (χ1n) is 13.2. The van der Waals surface area contributed by atoms with Crippen molar-refractivity contribution in [3.8, 4) is 11.5 Å². The topological polar surface area (TPSA) is 80.3 Å². The first-order chi connectivity index (χ1) is 18.3. The molecular formula is C30H36Cl2O7Si. The summed E-state index contributed by atoms with van der Waals surface area (Å²) in [5.74, 6) is -2.86. The lowest BCUT2D eigenvalue weighted by atomic mass is 9.93. The minimum Gasteiger partial charge on any atom is -0.450 e. The number of carbonyl (C=O) groups excluding carboxylic acids is 2. The van der Waals surface area contributed by atoms with Crippen LogP contribution in [0.5, 0.6) is 11.5 Å². The molecule has 2 aromatic carbocycles. The smallest absolute Gasteiger partial charge is 0.345 e. The molecule has 0 saturated carbocycles. The molecule has 2 heterocycles. The van der Waals surface area contributed by atoms with E-state index in [-0.39, 0.29) is 37.7 Å². The van der Waals surface area contributed by atoms with Crippen molar-refractivity contribution in [3.05, 3.63) is 62.6 Å². The number of ether oxygens (including phenoxy) is 4. The molecule has 7 nitrogen and oxygen atoms in total. The fourth-order valence-electron chi connectivity index (χ4n) is 4.23. The second-order valence-electron chi connectivity index (χ2n) is 12.5. The molecule has 2 aromatic rings. The normalized spacial score (nSPS) is 17.5. The number of carbonyl (C=O) groups is 2. The van der Waals surface area contributed by atoms with Crippen LogP contribution in [0.4, 0.5) is 0 Å². The molecule has 0 saturated heterocycles. The molecule has 0 spiro atoms. The Kier molecular flexibility index (Phi) is 7.90. The Morgan fingerprint density at radius 2 is 1.25 bits per heavy atom. The van der Waals surface area contributed by atoms with Crippen LogP contribution in [0, 0.1) is 0 Å². The summed E-state index contributed by atoms with van der Waals surface area (Å²) < 4.78 is 28.9. The summed E-state index contributed by atoms with van der Waals surface area (Å²) in [5.41, 5.74) is 2.36. The zero-order chi connectivity index (χ0) is 29.8. The molecule has 0 N–H and O–H groups in total. The third kappa shape index (κ3) is 6.20. The van der Waals surface area contributed by atoms with E-state index in [1.165, 1.54) is 0 Å². The Morgan fingerprint density at radius 1 is 0.825 bits per heavy atom. The van der Waals surface area contributed by atoms with Gasteiger partial charge in [-0.1, -0.05) is 50.0 Å². The molecule has 0 amide bonds. The molecule has 0 fully saturated rings. The van der Waals surface area contributed by atoms with Gasteiger partial charge in [-0.2, -0.15) is 0 Å². The highest BCUT2D eigenvalue weighted by molar-refractivity contribution is 6.74. The van der Waals surface area contributed by atoms with E-state index >= 15 is 0 Å². The minimum atomic E-state index is -1.96. The maximum atomic E-state index is 12.9. The Balaban J connectivity index is 1.80. The molecule has 0 aromatic heterocycles. The van der Waals surface area contributed by atoms with Gasteiger partial charge in [0.15, 0.2) is 19.8 Å². The summed E-state index contributed by atoms with van der Waals surface area (Å²) in [4.78, 5) is 25.8. The molecule has 0 aliphatic carbocycles. The van der Waals surface area contributed by atoms with E-state index < -0.39 is 31.8 Å². The monoisotopic (exact) mass is 606 g/mol. The van der Waals surface area contributed by atoms with Gasteiger partial charge in [0.2, 0.25) is 11.6 Å². The number of cyclic esters (lactones) is 2. The average Bonchev–Trinajstić information content (AvgIpc) is 2.78. The van der Waals surface area contributed by atoms with Crippen LogP contribution < -0.4 is 9.47 Å². The molecular weight excluding hydrogens is 571 g/mol. The van der Waals surface area contributed by atoms with Crippen molar-refractivity contribution >= 4 is 49.0 Å². The summed E-state index contributed by atoms with van der Waals surface area (Å²) in [6.07, 6.45) is 2.55. The van der Waals surface area contributed by atoms with Crippen LogP contribution in [0.15, 0.2) is 30.3 Å². The van der Waals surface area contributed by atoms with E-state index in [0.717, 1.165) is 0 Å². The third-order valence-corrected chi connectivity index (χ3v) is 12.4. The van der Waals surface area contributed by atoms with Gasteiger partial charge in [0.25, 0.3) is 0 Å². The molecule has 40 heavy (non-hydrogen) atoms. The van der Waals surface area contributed by atoms with Crippen molar-refractivity contribution in [3.63, 3.8) is 0 Å². The largest absolute Gasteiger partial charge is 0.450 e. The van der Waals surface area contributed by atoms with E-state index in [4.69, 9.17) is 46.6 Å². The highest BCUT2D eigenvalue weighted by Crippen LogP contribution is 2.43. The minimum absolute atomic E-state index is 0.0693. The number of fused-ring (bicyclic) bond motifs is 2. The Morgan fingerprint density at radius 3 is 1.65 bits per heavy atom. The maximum absolute atomic E-state index is 12.9. The van der Waals surface area contributed by atoms with Gasteiger partial charge in [-0.15, -0.1) is 0 Å². The summed E-state index contributed by atoms with van der Waals surface area (Å²) in [7, 11) is -1.96. The third-order valence-electron chi connectivity index (χ3n) is 7.26. The Bertz CT molecular complexity index is 1320. The first kappa shape index (κ1) is 30.4. The number of esters is 2. The summed E-state index contributed by atoms with van der Waals surface area (Å²) in [5, 5.41) is 0.586. The van der Waals surface area contributed by atoms with Gasteiger partial charge in [0.05, 0.1) is 10.0 Å². The summed E-state index contributed by atoms with van der Waals surface area (Å²) in [6.45, 7) is 18.0. The van der Waals surface area contributed by atoms with Crippen LogP contribution in [0.2, 0.25) is 28.2 Å². The number of rotatable bonds is 6. The van der Waals surface area contributed by atoms with Crippen LogP contribution in [0.1, 0.15) is 86.7 Å². The highest BCUT2D eigenvalue weighted by Gasteiger charge is 2.38. The molecule has 0 radical (unpaired) electrons. The first-order valence-corrected chi connectivity index (χ1v) is 16.8. The number of hydrogen-bond acceptors (Lipinski definition) is 7. The molecule has 4 rings (SSSR count). The van der Waals surface area contributed by atoms with Gasteiger partial charge < -0.3 is 23.4 Å². The maximum Gasteiger partial charge on any atom is 0.345 e. The van der Waals surface area contributed by atoms with E-state index in [9.17, 15) is 9.59 Å². The van der Waals surface area contributed by atoms with Gasteiger partial charge in [0, 0.05) is 34.3 Å². The zero-order valence-corrected chi connectivity index (χ0v) is 26.9. The van der Waals surface area contributed by atoms with Crippen LogP contribution in [-0.2, 0) is 13.9 Å². The molecule has 2 aliphatic rings. The van der Waals surface area contributed by atoms with Gasteiger partial charge in [-0.25, -0.2) is 9.59 Å². The van der Waals surface area contributed by atoms with Crippen molar-refractivity contribution in [2.24, 2.45) is 0 Å². The number of hydrogen-bond donors (Lipinski definition) is 0. The van der Waals surface area contributed by atoms with Gasteiger partial charge in [-0.3, -0.25) is 0 Å². The number of halogens is 2. The summed E-state index contributed by atoms with van der Waals surface area (Å²) in [6, 6.07) is 6.79. The molecule has 2 aliphatic heterocycles. The zero-order valence-electron chi connectivity index (χ0n) is 24.4. The average molecular weight is 608 g/mol. The Labute approximate surface area is 246 Å². The van der Waals surface area contributed by atoms with Crippen molar-refractivity contribution in [2.75, 3.05) is 6.61 Å². The number of benzene rings is 2. The van der Waals surface area contributed by atoms with Crippen LogP contribution in [-0.4, -0.2) is 38.4 Å². The van der Waals surface area contributed by atoms with Gasteiger partial charge in [-0.05, 0) is 65.5 Å². The summed E-state index contributed by atoms with van der Waals surface area (Å²) >= 11 is 13.3. The second-order valence-corrected chi connectivity index (χ2v) is 18.1. The molecule has 216 valence electrons. The lowest BCUT2D eigenvalue weighted by Crippen LogP contribution is -2.40. The van der Waals surface area contributed by atoms with E-state index in [1.54, 1.807) is 52.0 Å². The van der Waals surface area contributed by atoms with Crippen LogP contribution in [0.3, 0.4) is 0 Å². The second kappa shape index (κ2) is 10.4.